The van der Waals surface area contributed by atoms with Gasteiger partial charge in [-0.25, -0.2) is 0 Å². The number of carbonyl (C=O) groups excluding carboxylic acids is 1. The van der Waals surface area contributed by atoms with Gasteiger partial charge in [-0.15, -0.1) is 0 Å². The van der Waals surface area contributed by atoms with Gasteiger partial charge in [0.15, 0.2) is 0 Å². The summed E-state index contributed by atoms with van der Waals surface area (Å²) >= 11 is 0. The summed E-state index contributed by atoms with van der Waals surface area (Å²) in [6.07, 6.45) is 1.70. The van der Waals surface area contributed by atoms with Crippen LogP contribution in [0.5, 0.6) is 0 Å². The molecule has 1 fully saturated rings. The van der Waals surface area contributed by atoms with E-state index in [9.17, 15) is 9.90 Å². The summed E-state index contributed by atoms with van der Waals surface area (Å²) in [5, 5.41) is 9.59. The fourth-order valence-corrected chi connectivity index (χ4v) is 1.68. The van der Waals surface area contributed by atoms with Crippen molar-refractivity contribution in [1.29, 1.82) is 0 Å². The Balaban J connectivity index is 2.31. The van der Waals surface area contributed by atoms with Gasteiger partial charge in [0.25, 0.3) is 6.47 Å². The summed E-state index contributed by atoms with van der Waals surface area (Å²) in [5.74, 6) is 0. The monoisotopic (exact) mass is 232 g/mol. The molecule has 1 rings (SSSR count). The number of carbonyl (C=O) groups is 1. The zero-order valence-corrected chi connectivity index (χ0v) is 9.63. The van der Waals surface area contributed by atoms with Crippen molar-refractivity contribution in [2.24, 2.45) is 0 Å². The quantitative estimate of drug-likeness (QED) is 0.381. The first-order valence-electron chi connectivity index (χ1n) is 5.80. The molecule has 1 heterocycles. The molecule has 1 N–H and O–H groups in total. The molecule has 1 saturated heterocycles. The molecule has 5 nitrogen and oxygen atoms in total. The third-order valence-electron chi connectivity index (χ3n) is 2.59. The molecule has 0 bridgehead atoms. The molecule has 0 radical (unpaired) electrons. The van der Waals surface area contributed by atoms with Gasteiger partial charge >= 0.3 is 0 Å². The van der Waals surface area contributed by atoms with Gasteiger partial charge in [-0.2, -0.15) is 0 Å². The molecule has 1 aliphatic heterocycles. The first kappa shape index (κ1) is 13.4. The van der Waals surface area contributed by atoms with Gasteiger partial charge in [0, 0.05) is 6.61 Å². The van der Waals surface area contributed by atoms with Crippen LogP contribution in [0.2, 0.25) is 0 Å². The minimum atomic E-state index is -0.785. The molecule has 5 heteroatoms. The summed E-state index contributed by atoms with van der Waals surface area (Å²) in [6.45, 7) is 3.42. The number of aliphatic hydroxyl groups excluding tert-OH is 1. The van der Waals surface area contributed by atoms with E-state index in [0.29, 0.717) is 26.1 Å². The first-order chi connectivity index (χ1) is 7.79. The topological polar surface area (TPSA) is 65.0 Å². The normalized spacial score (nSPS) is 26.6. The highest BCUT2D eigenvalue weighted by molar-refractivity contribution is 5.37. The molecular weight excluding hydrogens is 212 g/mol. The third-order valence-corrected chi connectivity index (χ3v) is 2.59. The lowest BCUT2D eigenvalue weighted by atomic mass is 10.2. The van der Waals surface area contributed by atoms with E-state index in [0.717, 1.165) is 19.3 Å². The predicted molar refractivity (Wildman–Crippen MR) is 56.8 cm³/mol. The van der Waals surface area contributed by atoms with Crippen molar-refractivity contribution in [2.75, 3.05) is 13.2 Å². The van der Waals surface area contributed by atoms with Crippen LogP contribution < -0.4 is 0 Å². The lowest BCUT2D eigenvalue weighted by Gasteiger charge is -2.23. The van der Waals surface area contributed by atoms with E-state index in [-0.39, 0.29) is 0 Å². The number of aliphatic hydroxyl groups is 1. The van der Waals surface area contributed by atoms with E-state index in [1.54, 1.807) is 0 Å². The standard InChI is InChI=1S/C11H20O5/c1-2-3-4-6-15-11(16-8-12)10-9(13)5-7-14-10/h8-11,13H,2-7H2,1H3. The van der Waals surface area contributed by atoms with Gasteiger partial charge < -0.3 is 19.3 Å². The van der Waals surface area contributed by atoms with E-state index >= 15 is 0 Å². The summed E-state index contributed by atoms with van der Waals surface area (Å²) in [6, 6.07) is 0. The minimum Gasteiger partial charge on any atom is -0.435 e. The molecule has 3 atom stereocenters. The van der Waals surface area contributed by atoms with Crippen molar-refractivity contribution in [3.63, 3.8) is 0 Å². The maximum atomic E-state index is 10.3. The Kier molecular flexibility index (Phi) is 6.37. The van der Waals surface area contributed by atoms with Gasteiger partial charge in [0.2, 0.25) is 6.29 Å². The zero-order valence-electron chi connectivity index (χ0n) is 9.63. The molecule has 0 aromatic rings. The fourth-order valence-electron chi connectivity index (χ4n) is 1.68. The Morgan fingerprint density at radius 2 is 2.38 bits per heavy atom. The molecule has 3 unspecified atom stereocenters. The van der Waals surface area contributed by atoms with Crippen molar-refractivity contribution in [3.8, 4) is 0 Å². The third kappa shape index (κ3) is 4.08. The van der Waals surface area contributed by atoms with E-state index in [4.69, 9.17) is 14.2 Å². The van der Waals surface area contributed by atoms with Crippen LogP contribution in [0.3, 0.4) is 0 Å². The second-order valence-electron chi connectivity index (χ2n) is 3.87. The SMILES string of the molecule is CCCCCOC(OC=O)C1OCCC1O. The minimum absolute atomic E-state index is 0.332. The lowest BCUT2D eigenvalue weighted by molar-refractivity contribution is -0.203. The first-order valence-corrected chi connectivity index (χ1v) is 5.80. The zero-order chi connectivity index (χ0) is 11.8. The summed E-state index contributed by atoms with van der Waals surface area (Å²) in [5.41, 5.74) is 0. The smallest absolute Gasteiger partial charge is 0.295 e. The summed E-state index contributed by atoms with van der Waals surface area (Å²) in [7, 11) is 0. The highest BCUT2D eigenvalue weighted by Gasteiger charge is 2.35. The number of rotatable bonds is 8. The number of hydrogen-bond acceptors (Lipinski definition) is 5. The highest BCUT2D eigenvalue weighted by atomic mass is 16.7. The highest BCUT2D eigenvalue weighted by Crippen LogP contribution is 2.19. The summed E-state index contributed by atoms with van der Waals surface area (Å²) in [4.78, 5) is 10.3. The number of unbranched alkanes of at least 4 members (excludes halogenated alkanes) is 2. The molecule has 94 valence electrons. The Morgan fingerprint density at radius 1 is 1.56 bits per heavy atom. The van der Waals surface area contributed by atoms with Crippen LogP contribution >= 0.6 is 0 Å². The molecule has 0 aromatic carbocycles. The summed E-state index contributed by atoms with van der Waals surface area (Å²) < 4.78 is 15.5. The van der Waals surface area contributed by atoms with Gasteiger partial charge in [-0.05, 0) is 12.8 Å². The van der Waals surface area contributed by atoms with Gasteiger partial charge in [-0.1, -0.05) is 19.8 Å². The predicted octanol–water partition coefficient (Wildman–Crippen LogP) is 0.842. The van der Waals surface area contributed by atoms with Crippen molar-refractivity contribution in [2.45, 2.75) is 51.1 Å². The molecule has 0 spiro atoms. The van der Waals surface area contributed by atoms with Crippen molar-refractivity contribution >= 4 is 6.47 Å². The Morgan fingerprint density at radius 3 is 2.94 bits per heavy atom. The molecule has 0 amide bonds. The fraction of sp³-hybridized carbons (Fsp3) is 0.909. The molecule has 16 heavy (non-hydrogen) atoms. The van der Waals surface area contributed by atoms with Gasteiger partial charge in [-0.3, -0.25) is 4.79 Å². The van der Waals surface area contributed by atoms with Crippen molar-refractivity contribution in [3.05, 3.63) is 0 Å². The Labute approximate surface area is 95.7 Å². The van der Waals surface area contributed by atoms with Crippen LogP contribution in [-0.2, 0) is 19.0 Å². The lowest BCUT2D eigenvalue weighted by Crippen LogP contribution is -2.38. The largest absolute Gasteiger partial charge is 0.435 e. The molecule has 0 aliphatic carbocycles. The van der Waals surface area contributed by atoms with Crippen LogP contribution in [0.15, 0.2) is 0 Å². The van der Waals surface area contributed by atoms with Gasteiger partial charge in [0.05, 0.1) is 12.7 Å². The van der Waals surface area contributed by atoms with Crippen LogP contribution in [-0.4, -0.2) is 43.3 Å². The van der Waals surface area contributed by atoms with Crippen LogP contribution in [0.25, 0.3) is 0 Å². The number of hydrogen-bond donors (Lipinski definition) is 1. The molecule has 1 aliphatic rings. The molecule has 0 saturated carbocycles. The van der Waals surface area contributed by atoms with Gasteiger partial charge in [0.1, 0.15) is 6.10 Å². The van der Waals surface area contributed by atoms with Crippen LogP contribution in [0, 0.1) is 0 Å². The Bertz CT molecular complexity index is 197. The van der Waals surface area contributed by atoms with E-state index in [2.05, 4.69) is 6.92 Å². The average molecular weight is 232 g/mol. The van der Waals surface area contributed by atoms with Crippen LogP contribution in [0.1, 0.15) is 32.6 Å². The number of ether oxygens (including phenoxy) is 3. The maximum absolute atomic E-state index is 10.3. The van der Waals surface area contributed by atoms with Crippen LogP contribution in [0.4, 0.5) is 0 Å². The van der Waals surface area contributed by atoms with Crippen molar-refractivity contribution in [1.82, 2.24) is 0 Å². The van der Waals surface area contributed by atoms with E-state index in [1.165, 1.54) is 0 Å². The van der Waals surface area contributed by atoms with E-state index in [1.807, 2.05) is 0 Å². The Hall–Kier alpha value is -0.650. The van der Waals surface area contributed by atoms with Crippen molar-refractivity contribution < 1.29 is 24.1 Å². The van der Waals surface area contributed by atoms with E-state index < -0.39 is 18.5 Å². The second kappa shape index (κ2) is 7.60. The molecule has 0 aromatic heterocycles. The maximum Gasteiger partial charge on any atom is 0.295 e. The average Bonchev–Trinajstić information content (AvgIpc) is 2.69. The second-order valence-corrected chi connectivity index (χ2v) is 3.87. The molecular formula is C11H20O5.